The molecule has 1 atom stereocenters. The van der Waals surface area contributed by atoms with E-state index in [0.29, 0.717) is 18.4 Å². The highest BCUT2D eigenvalue weighted by molar-refractivity contribution is 7.90. The lowest BCUT2D eigenvalue weighted by Gasteiger charge is -2.24. The molecule has 1 unspecified atom stereocenters. The maximum Gasteiger partial charge on any atom is 0.421 e. The summed E-state index contributed by atoms with van der Waals surface area (Å²) in [6.07, 6.45) is -0.127. The van der Waals surface area contributed by atoms with Crippen molar-refractivity contribution in [3.05, 3.63) is 35.4 Å². The first-order valence-electron chi connectivity index (χ1n) is 7.05. The van der Waals surface area contributed by atoms with Gasteiger partial charge in [0.2, 0.25) is 10.0 Å². The molecule has 0 bridgehead atoms. The molecule has 0 radical (unpaired) electrons. The molecule has 1 aliphatic rings. The fourth-order valence-corrected chi connectivity index (χ4v) is 3.89. The summed E-state index contributed by atoms with van der Waals surface area (Å²) in [7, 11) is -4.01. The van der Waals surface area contributed by atoms with Gasteiger partial charge in [0.05, 0.1) is 0 Å². The summed E-state index contributed by atoms with van der Waals surface area (Å²) in [5, 5.41) is 10.7. The van der Waals surface area contributed by atoms with Crippen LogP contribution < -0.4 is 4.72 Å². The summed E-state index contributed by atoms with van der Waals surface area (Å²) >= 11 is 0. The first-order valence-corrected chi connectivity index (χ1v) is 8.70. The van der Waals surface area contributed by atoms with E-state index in [2.05, 4.69) is 0 Å². The number of nitrogens with one attached hydrogen (secondary N) is 1. The molecule has 1 aromatic rings. The average Bonchev–Trinajstić information content (AvgIpc) is 2.63. The van der Waals surface area contributed by atoms with Gasteiger partial charge in [-0.15, -0.1) is 0 Å². The smallest absolute Gasteiger partial charge is 0.421 e. The Balaban J connectivity index is 2.11. The summed E-state index contributed by atoms with van der Waals surface area (Å²) in [6.45, 7) is 4.92. The zero-order chi connectivity index (χ0) is 16.6. The van der Waals surface area contributed by atoms with Crippen molar-refractivity contribution in [2.75, 3.05) is 5.75 Å². The number of aliphatic hydroxyl groups is 1. The summed E-state index contributed by atoms with van der Waals surface area (Å²) in [5.74, 6) is -0.573. The number of rotatable bonds is 3. The lowest BCUT2D eigenvalue weighted by molar-refractivity contribution is 0.0555. The SMILES string of the molecule is CC(C)(C)OC(=O)NS(=O)(=O)CC1(O)CCc2ccccc21. The molecule has 1 aliphatic carbocycles. The summed E-state index contributed by atoms with van der Waals surface area (Å²) in [4.78, 5) is 11.6. The van der Waals surface area contributed by atoms with Gasteiger partial charge < -0.3 is 9.84 Å². The molecule has 1 amide bonds. The van der Waals surface area contributed by atoms with Gasteiger partial charge in [-0.1, -0.05) is 24.3 Å². The molecule has 0 saturated heterocycles. The molecule has 0 fully saturated rings. The predicted molar refractivity (Wildman–Crippen MR) is 81.8 cm³/mol. The zero-order valence-corrected chi connectivity index (χ0v) is 13.7. The van der Waals surface area contributed by atoms with Gasteiger partial charge in [0.15, 0.2) is 0 Å². The second-order valence-electron chi connectivity index (χ2n) is 6.55. The van der Waals surface area contributed by atoms with E-state index in [1.165, 1.54) is 0 Å². The highest BCUT2D eigenvalue weighted by atomic mass is 32.2. The summed E-state index contributed by atoms with van der Waals surface area (Å²) in [5.41, 5.74) is -0.747. The van der Waals surface area contributed by atoms with Crippen LogP contribution in [0.3, 0.4) is 0 Å². The van der Waals surface area contributed by atoms with Crippen LogP contribution in [0.15, 0.2) is 24.3 Å². The highest BCUT2D eigenvalue weighted by Crippen LogP contribution is 2.37. The van der Waals surface area contributed by atoms with Gasteiger partial charge in [0.1, 0.15) is 17.0 Å². The average molecular weight is 327 g/mol. The Morgan fingerprint density at radius 1 is 1.36 bits per heavy atom. The van der Waals surface area contributed by atoms with Crippen LogP contribution in [0.1, 0.15) is 38.3 Å². The van der Waals surface area contributed by atoms with Crippen molar-refractivity contribution in [3.8, 4) is 0 Å². The molecular formula is C15H21NO5S. The van der Waals surface area contributed by atoms with E-state index in [4.69, 9.17) is 4.74 Å². The van der Waals surface area contributed by atoms with E-state index >= 15 is 0 Å². The molecule has 2 N–H and O–H groups in total. The van der Waals surface area contributed by atoms with E-state index in [9.17, 15) is 18.3 Å². The van der Waals surface area contributed by atoms with Gasteiger partial charge >= 0.3 is 6.09 Å². The van der Waals surface area contributed by atoms with Crippen LogP contribution in [0.5, 0.6) is 0 Å². The molecule has 122 valence electrons. The first-order chi connectivity index (χ1) is 10.0. The maximum absolute atomic E-state index is 12.1. The number of carbonyl (C=O) groups is 1. The minimum atomic E-state index is -4.01. The molecule has 7 heteroatoms. The van der Waals surface area contributed by atoms with E-state index in [1.807, 2.05) is 16.9 Å². The predicted octanol–water partition coefficient (Wildman–Crippen LogP) is 1.67. The molecule has 1 aromatic carbocycles. The van der Waals surface area contributed by atoms with Gasteiger partial charge in [-0.25, -0.2) is 17.9 Å². The van der Waals surface area contributed by atoms with Gasteiger partial charge in [-0.3, -0.25) is 0 Å². The van der Waals surface area contributed by atoms with Crippen LogP contribution in [-0.4, -0.2) is 31.0 Å². The number of ether oxygens (including phenoxy) is 1. The number of amides is 1. The van der Waals surface area contributed by atoms with E-state index in [1.54, 1.807) is 32.9 Å². The summed E-state index contributed by atoms with van der Waals surface area (Å²) in [6, 6.07) is 7.17. The van der Waals surface area contributed by atoms with Crippen LogP contribution in [-0.2, 0) is 26.8 Å². The second kappa shape index (κ2) is 5.55. The molecule has 0 aliphatic heterocycles. The number of sulfonamides is 1. The Morgan fingerprint density at radius 2 is 2.00 bits per heavy atom. The van der Waals surface area contributed by atoms with Crippen LogP contribution in [0, 0.1) is 0 Å². The lowest BCUT2D eigenvalue weighted by atomic mass is 9.99. The number of carbonyl (C=O) groups excluding carboxylic acids is 1. The molecular weight excluding hydrogens is 306 g/mol. The lowest BCUT2D eigenvalue weighted by Crippen LogP contribution is -2.42. The highest BCUT2D eigenvalue weighted by Gasteiger charge is 2.41. The normalized spacial score (nSPS) is 21.3. The third-order valence-corrected chi connectivity index (χ3v) is 4.73. The van der Waals surface area contributed by atoms with Gasteiger partial charge in [0, 0.05) is 0 Å². The molecule has 0 saturated carbocycles. The van der Waals surface area contributed by atoms with Crippen molar-refractivity contribution < 1.29 is 23.1 Å². The maximum atomic E-state index is 12.1. The minimum absolute atomic E-state index is 0.307. The fourth-order valence-electron chi connectivity index (χ4n) is 2.59. The Bertz CT molecular complexity index is 677. The monoisotopic (exact) mass is 327 g/mol. The first kappa shape index (κ1) is 16.8. The minimum Gasteiger partial charge on any atom is -0.443 e. The Labute approximate surface area is 130 Å². The number of benzene rings is 1. The third-order valence-electron chi connectivity index (χ3n) is 3.39. The molecule has 0 spiro atoms. The molecule has 6 nitrogen and oxygen atoms in total. The largest absolute Gasteiger partial charge is 0.443 e. The molecule has 0 heterocycles. The Hall–Kier alpha value is -1.60. The Kier molecular flexibility index (Phi) is 4.23. The fraction of sp³-hybridized carbons (Fsp3) is 0.533. The van der Waals surface area contributed by atoms with Gasteiger partial charge in [-0.2, -0.15) is 0 Å². The topological polar surface area (TPSA) is 92.7 Å². The van der Waals surface area contributed by atoms with Crippen molar-refractivity contribution in [3.63, 3.8) is 0 Å². The van der Waals surface area contributed by atoms with Crippen LogP contribution in [0.2, 0.25) is 0 Å². The van der Waals surface area contributed by atoms with Crippen molar-refractivity contribution in [1.29, 1.82) is 0 Å². The van der Waals surface area contributed by atoms with Gasteiger partial charge in [-0.05, 0) is 44.7 Å². The van der Waals surface area contributed by atoms with Crippen molar-refractivity contribution >= 4 is 16.1 Å². The standard InChI is InChI=1S/C15H21NO5S/c1-14(2,3)21-13(17)16-22(19,20)10-15(18)9-8-11-6-4-5-7-12(11)15/h4-7,18H,8-10H2,1-3H3,(H,16,17). The quantitative estimate of drug-likeness (QED) is 0.881. The van der Waals surface area contributed by atoms with Crippen molar-refractivity contribution in [2.45, 2.75) is 44.8 Å². The van der Waals surface area contributed by atoms with Crippen molar-refractivity contribution in [2.24, 2.45) is 0 Å². The number of hydrogen-bond acceptors (Lipinski definition) is 5. The van der Waals surface area contributed by atoms with Crippen LogP contribution in [0.4, 0.5) is 4.79 Å². The number of hydrogen-bond donors (Lipinski definition) is 2. The zero-order valence-electron chi connectivity index (χ0n) is 12.9. The molecule has 2 rings (SSSR count). The third kappa shape index (κ3) is 3.98. The number of aryl methyl sites for hydroxylation is 1. The van der Waals surface area contributed by atoms with Gasteiger partial charge in [0.25, 0.3) is 0 Å². The van der Waals surface area contributed by atoms with Crippen LogP contribution >= 0.6 is 0 Å². The number of fused-ring (bicyclic) bond motifs is 1. The Morgan fingerprint density at radius 3 is 2.64 bits per heavy atom. The van der Waals surface area contributed by atoms with E-state index in [-0.39, 0.29) is 0 Å². The summed E-state index contributed by atoms with van der Waals surface area (Å²) < 4.78 is 31.0. The van der Waals surface area contributed by atoms with E-state index < -0.39 is 33.1 Å². The molecule has 0 aromatic heterocycles. The molecule has 22 heavy (non-hydrogen) atoms. The second-order valence-corrected chi connectivity index (χ2v) is 8.27. The van der Waals surface area contributed by atoms with Crippen LogP contribution in [0.25, 0.3) is 0 Å². The van der Waals surface area contributed by atoms with E-state index in [0.717, 1.165) is 5.56 Å². The van der Waals surface area contributed by atoms with Crippen molar-refractivity contribution in [1.82, 2.24) is 4.72 Å².